The van der Waals surface area contributed by atoms with E-state index in [4.69, 9.17) is 17.3 Å². The fourth-order valence-electron chi connectivity index (χ4n) is 1.95. The summed E-state index contributed by atoms with van der Waals surface area (Å²) in [5.74, 6) is -0.348. The second-order valence-corrected chi connectivity index (χ2v) is 6.91. The van der Waals surface area contributed by atoms with Gasteiger partial charge in [-0.25, -0.2) is 8.42 Å². The molecule has 3 N–H and O–H groups in total. The van der Waals surface area contributed by atoms with Crippen LogP contribution in [0.2, 0.25) is 5.02 Å². The van der Waals surface area contributed by atoms with Crippen LogP contribution in [-0.2, 0) is 9.84 Å². The van der Waals surface area contributed by atoms with E-state index < -0.39 is 15.7 Å². The quantitative estimate of drug-likeness (QED) is 0.789. The highest BCUT2D eigenvalue weighted by Gasteiger charge is 2.29. The van der Waals surface area contributed by atoms with Crippen LogP contribution in [0.5, 0.6) is 0 Å². The molecule has 1 aromatic rings. The third-order valence-electron chi connectivity index (χ3n) is 2.84. The van der Waals surface area contributed by atoms with Crippen molar-refractivity contribution in [1.29, 1.82) is 0 Å². The summed E-state index contributed by atoms with van der Waals surface area (Å²) in [6.07, 6.45) is 0.429. The number of carbonyl (C=O) groups is 1. The molecule has 98 valence electrons. The molecule has 0 spiro atoms. The highest BCUT2D eigenvalue weighted by molar-refractivity contribution is 7.91. The Hall–Kier alpha value is -1.27. The summed E-state index contributed by atoms with van der Waals surface area (Å²) in [7, 11) is -3.02. The summed E-state index contributed by atoms with van der Waals surface area (Å²) >= 11 is 5.91. The molecular weight excluding hydrogens is 276 g/mol. The smallest absolute Gasteiger partial charge is 0.255 e. The average Bonchev–Trinajstić information content (AvgIpc) is 2.57. The molecule has 5 nitrogen and oxygen atoms in total. The number of nitrogens with two attached hydrogens (primary N) is 1. The molecule has 1 atom stereocenters. The summed E-state index contributed by atoms with van der Waals surface area (Å²) in [4.78, 5) is 12.0. The first kappa shape index (κ1) is 13.2. The van der Waals surface area contributed by atoms with E-state index in [2.05, 4.69) is 5.32 Å². The first-order valence-electron chi connectivity index (χ1n) is 5.44. The number of halogens is 1. The highest BCUT2D eigenvalue weighted by Crippen LogP contribution is 2.22. The van der Waals surface area contributed by atoms with E-state index in [0.29, 0.717) is 6.42 Å². The predicted octanol–water partition coefficient (Wildman–Crippen LogP) is 0.839. The van der Waals surface area contributed by atoms with Gasteiger partial charge in [0.25, 0.3) is 5.91 Å². The van der Waals surface area contributed by atoms with Gasteiger partial charge in [0.15, 0.2) is 9.84 Å². The van der Waals surface area contributed by atoms with E-state index in [1.165, 1.54) is 0 Å². The zero-order valence-electron chi connectivity index (χ0n) is 9.52. The molecule has 0 aliphatic carbocycles. The van der Waals surface area contributed by atoms with E-state index in [1.807, 2.05) is 0 Å². The molecule has 18 heavy (non-hydrogen) atoms. The molecular formula is C11H13ClN2O3S. The molecule has 0 radical (unpaired) electrons. The number of nitrogens with one attached hydrogen (secondary N) is 1. The monoisotopic (exact) mass is 288 g/mol. The van der Waals surface area contributed by atoms with Gasteiger partial charge in [-0.15, -0.1) is 0 Å². The maximum atomic E-state index is 12.0. The summed E-state index contributed by atoms with van der Waals surface area (Å²) in [6, 6.07) is 4.43. The molecule has 0 aromatic heterocycles. The lowest BCUT2D eigenvalue weighted by Crippen LogP contribution is -2.36. The maximum absolute atomic E-state index is 12.0. The van der Waals surface area contributed by atoms with Crippen molar-refractivity contribution in [2.24, 2.45) is 0 Å². The molecule has 7 heteroatoms. The zero-order chi connectivity index (χ0) is 13.3. The second-order valence-electron chi connectivity index (χ2n) is 4.28. The number of sulfone groups is 1. The molecule has 1 aliphatic rings. The van der Waals surface area contributed by atoms with Crippen LogP contribution in [0.15, 0.2) is 18.2 Å². The molecule has 1 aromatic carbocycles. The number of nitrogen functional groups attached to an aromatic ring is 1. The number of amides is 1. The molecule has 0 saturated carbocycles. The normalized spacial score (nSPS) is 21.7. The molecule has 1 aliphatic heterocycles. The van der Waals surface area contributed by atoms with Crippen LogP contribution in [0, 0.1) is 0 Å². The zero-order valence-corrected chi connectivity index (χ0v) is 11.1. The van der Waals surface area contributed by atoms with Crippen LogP contribution in [0.4, 0.5) is 5.69 Å². The largest absolute Gasteiger partial charge is 0.398 e. The molecule has 2 rings (SSSR count). The van der Waals surface area contributed by atoms with Crippen LogP contribution in [-0.4, -0.2) is 31.9 Å². The van der Waals surface area contributed by atoms with E-state index in [9.17, 15) is 13.2 Å². The molecule has 1 amide bonds. The Labute approximate surface area is 110 Å². The summed E-state index contributed by atoms with van der Waals surface area (Å²) in [5.41, 5.74) is 6.16. The number of benzene rings is 1. The standard InChI is InChI=1S/C11H13ClN2O3S/c12-8-2-1-3-9(13)10(8)11(15)14-7-4-5-18(16,17)6-7/h1-3,7H,4-6,13H2,(H,14,15). The van der Waals surface area contributed by atoms with Gasteiger partial charge in [0.05, 0.1) is 22.1 Å². The lowest BCUT2D eigenvalue weighted by Gasteiger charge is -2.13. The number of carbonyl (C=O) groups excluding carboxylic acids is 1. The van der Waals surface area contributed by atoms with Crippen molar-refractivity contribution in [3.05, 3.63) is 28.8 Å². The Morgan fingerprint density at radius 2 is 2.17 bits per heavy atom. The third kappa shape index (κ3) is 2.76. The van der Waals surface area contributed by atoms with Crippen molar-refractivity contribution in [2.45, 2.75) is 12.5 Å². The third-order valence-corrected chi connectivity index (χ3v) is 4.92. The van der Waals surface area contributed by atoms with Gasteiger partial charge >= 0.3 is 0 Å². The first-order chi connectivity index (χ1) is 8.39. The lowest BCUT2D eigenvalue weighted by atomic mass is 10.1. The van der Waals surface area contributed by atoms with Crippen molar-refractivity contribution in [3.63, 3.8) is 0 Å². The summed E-state index contributed by atoms with van der Waals surface area (Å²) in [5, 5.41) is 2.91. The lowest BCUT2D eigenvalue weighted by molar-refractivity contribution is 0.0942. The van der Waals surface area contributed by atoms with E-state index in [-0.39, 0.29) is 33.8 Å². The fourth-order valence-corrected chi connectivity index (χ4v) is 3.89. The minimum absolute atomic E-state index is 0.0247. The van der Waals surface area contributed by atoms with Gasteiger partial charge in [-0.05, 0) is 18.6 Å². The van der Waals surface area contributed by atoms with Gasteiger partial charge in [-0.2, -0.15) is 0 Å². The van der Waals surface area contributed by atoms with Crippen LogP contribution in [0.1, 0.15) is 16.8 Å². The van der Waals surface area contributed by atoms with Gasteiger partial charge in [0.2, 0.25) is 0 Å². The minimum Gasteiger partial charge on any atom is -0.398 e. The number of rotatable bonds is 2. The van der Waals surface area contributed by atoms with Gasteiger partial charge in [-0.3, -0.25) is 4.79 Å². The van der Waals surface area contributed by atoms with Crippen LogP contribution < -0.4 is 11.1 Å². The van der Waals surface area contributed by atoms with E-state index in [1.54, 1.807) is 18.2 Å². The molecule has 1 heterocycles. The van der Waals surface area contributed by atoms with Gasteiger partial charge in [-0.1, -0.05) is 17.7 Å². The Morgan fingerprint density at radius 1 is 1.44 bits per heavy atom. The van der Waals surface area contributed by atoms with Crippen molar-refractivity contribution in [1.82, 2.24) is 5.32 Å². The SMILES string of the molecule is Nc1cccc(Cl)c1C(=O)NC1CCS(=O)(=O)C1. The van der Waals surface area contributed by atoms with E-state index >= 15 is 0 Å². The highest BCUT2D eigenvalue weighted by atomic mass is 35.5. The maximum Gasteiger partial charge on any atom is 0.255 e. The van der Waals surface area contributed by atoms with Gasteiger partial charge in [0, 0.05) is 11.7 Å². The van der Waals surface area contributed by atoms with E-state index in [0.717, 1.165) is 0 Å². The Kier molecular flexibility index (Phi) is 3.49. The summed E-state index contributed by atoms with van der Waals surface area (Å²) < 4.78 is 22.6. The Morgan fingerprint density at radius 3 is 2.72 bits per heavy atom. The van der Waals surface area contributed by atoms with Crippen molar-refractivity contribution in [2.75, 3.05) is 17.2 Å². The minimum atomic E-state index is -3.02. The number of hydrogen-bond acceptors (Lipinski definition) is 4. The van der Waals surface area contributed by atoms with Crippen molar-refractivity contribution < 1.29 is 13.2 Å². The van der Waals surface area contributed by atoms with Crippen molar-refractivity contribution >= 4 is 33.0 Å². The van der Waals surface area contributed by atoms with Crippen molar-refractivity contribution in [3.8, 4) is 0 Å². The van der Waals surface area contributed by atoms with Crippen LogP contribution in [0.3, 0.4) is 0 Å². The number of hydrogen-bond donors (Lipinski definition) is 2. The van der Waals surface area contributed by atoms with Crippen LogP contribution in [0.25, 0.3) is 0 Å². The van der Waals surface area contributed by atoms with Gasteiger partial charge in [0.1, 0.15) is 0 Å². The predicted molar refractivity (Wildman–Crippen MR) is 70.4 cm³/mol. The number of anilines is 1. The Balaban J connectivity index is 2.14. The van der Waals surface area contributed by atoms with Gasteiger partial charge < -0.3 is 11.1 Å². The topological polar surface area (TPSA) is 89.3 Å². The first-order valence-corrected chi connectivity index (χ1v) is 7.64. The molecule has 0 bridgehead atoms. The fraction of sp³-hybridized carbons (Fsp3) is 0.364. The molecule has 1 fully saturated rings. The average molecular weight is 289 g/mol. The molecule has 1 saturated heterocycles. The summed E-state index contributed by atoms with van der Waals surface area (Å²) in [6.45, 7) is 0. The second kappa shape index (κ2) is 4.78. The molecule has 1 unspecified atom stereocenters. The van der Waals surface area contributed by atoms with Crippen LogP contribution >= 0.6 is 11.6 Å². The Bertz CT molecular complexity index is 566.